The topological polar surface area (TPSA) is 3.88 Å². The first-order valence-corrected chi connectivity index (χ1v) is 7.67. The SMILES string of the molecule is [Br-].c1ccc2c(c1)c1ccccc1c1c[n+]3c(cc21)CCC3. The van der Waals surface area contributed by atoms with Crippen molar-refractivity contribution in [3.63, 3.8) is 0 Å². The zero-order valence-corrected chi connectivity index (χ0v) is 13.8. The number of nitrogens with zero attached hydrogens (tertiary/aromatic N) is 1. The van der Waals surface area contributed by atoms with Gasteiger partial charge in [0, 0.05) is 24.3 Å². The Hall–Kier alpha value is -1.93. The van der Waals surface area contributed by atoms with E-state index in [-0.39, 0.29) is 17.0 Å². The molecular formula is C20H16BrN. The molecule has 0 N–H and O–H groups in total. The Morgan fingerprint density at radius 3 is 1.86 bits per heavy atom. The first kappa shape index (κ1) is 13.7. The molecule has 1 aromatic heterocycles. The smallest absolute Gasteiger partial charge is 0.182 e. The molecule has 0 fully saturated rings. The normalized spacial score (nSPS) is 13.5. The summed E-state index contributed by atoms with van der Waals surface area (Å²) in [6.45, 7) is 1.16. The molecule has 1 aliphatic rings. The zero-order valence-electron chi connectivity index (χ0n) is 12.2. The molecule has 2 heterocycles. The first-order valence-electron chi connectivity index (χ1n) is 7.67. The Bertz CT molecular complexity index is 938. The number of hydrogen-bond donors (Lipinski definition) is 0. The van der Waals surface area contributed by atoms with Crippen molar-refractivity contribution in [2.24, 2.45) is 0 Å². The van der Waals surface area contributed by atoms with Crippen molar-refractivity contribution in [3.8, 4) is 0 Å². The Balaban J connectivity index is 0.00000125. The van der Waals surface area contributed by atoms with Gasteiger partial charge in [0.05, 0.1) is 5.39 Å². The van der Waals surface area contributed by atoms with Crippen LogP contribution in [0, 0.1) is 0 Å². The van der Waals surface area contributed by atoms with Crippen molar-refractivity contribution < 1.29 is 21.5 Å². The largest absolute Gasteiger partial charge is 1.00 e. The lowest BCUT2D eigenvalue weighted by Gasteiger charge is -2.09. The summed E-state index contributed by atoms with van der Waals surface area (Å²) in [4.78, 5) is 0. The molecule has 0 spiro atoms. The van der Waals surface area contributed by atoms with Crippen LogP contribution >= 0.6 is 0 Å². The molecule has 1 aliphatic heterocycles. The maximum absolute atomic E-state index is 2.43. The number of fused-ring (bicyclic) bond motifs is 7. The molecule has 0 unspecified atom stereocenters. The summed E-state index contributed by atoms with van der Waals surface area (Å²) < 4.78 is 2.43. The second-order valence-electron chi connectivity index (χ2n) is 5.98. The van der Waals surface area contributed by atoms with Gasteiger partial charge in [0.2, 0.25) is 0 Å². The number of pyridine rings is 1. The number of rotatable bonds is 0. The van der Waals surface area contributed by atoms with E-state index in [2.05, 4.69) is 65.4 Å². The maximum Gasteiger partial charge on any atom is 0.182 e. The standard InChI is InChI=1S/C20H16N.BrH/c1-3-9-17-15(7-1)16-8-2-4-10-18(16)20-13-21-11-5-6-14(21)12-19(17)20;/h1-4,7-10,12-13H,5-6,11H2;1H/q+1;/p-1. The number of benzene rings is 3. The predicted molar refractivity (Wildman–Crippen MR) is 87.5 cm³/mol. The van der Waals surface area contributed by atoms with Gasteiger partial charge in [-0.15, -0.1) is 0 Å². The van der Waals surface area contributed by atoms with E-state index < -0.39 is 0 Å². The van der Waals surface area contributed by atoms with E-state index in [1.807, 2.05) is 0 Å². The van der Waals surface area contributed by atoms with Gasteiger partial charge in [0.25, 0.3) is 0 Å². The predicted octanol–water partition coefficient (Wildman–Crippen LogP) is 1.38. The summed E-state index contributed by atoms with van der Waals surface area (Å²) in [5, 5.41) is 8.25. The summed E-state index contributed by atoms with van der Waals surface area (Å²) in [7, 11) is 0. The maximum atomic E-state index is 2.43. The van der Waals surface area contributed by atoms with Gasteiger partial charge >= 0.3 is 0 Å². The summed E-state index contributed by atoms with van der Waals surface area (Å²) >= 11 is 0. The van der Waals surface area contributed by atoms with Crippen LogP contribution in [0.3, 0.4) is 0 Å². The quantitative estimate of drug-likeness (QED) is 0.333. The third-order valence-electron chi connectivity index (χ3n) is 4.81. The molecular weight excluding hydrogens is 334 g/mol. The molecule has 0 amide bonds. The number of hydrogen-bond acceptors (Lipinski definition) is 0. The van der Waals surface area contributed by atoms with Gasteiger partial charge in [-0.05, 0) is 21.5 Å². The molecule has 0 saturated heterocycles. The van der Waals surface area contributed by atoms with Crippen molar-refractivity contribution in [2.75, 3.05) is 0 Å². The summed E-state index contributed by atoms with van der Waals surface area (Å²) in [5.74, 6) is 0. The van der Waals surface area contributed by atoms with Gasteiger partial charge in [-0.3, -0.25) is 0 Å². The van der Waals surface area contributed by atoms with Gasteiger partial charge in [0.1, 0.15) is 6.54 Å². The average molecular weight is 350 g/mol. The summed E-state index contributed by atoms with van der Waals surface area (Å²) in [6, 6.07) is 20.0. The van der Waals surface area contributed by atoms with E-state index in [1.54, 1.807) is 0 Å². The van der Waals surface area contributed by atoms with Crippen molar-refractivity contribution in [1.29, 1.82) is 0 Å². The molecule has 0 saturated carbocycles. The van der Waals surface area contributed by atoms with Gasteiger partial charge < -0.3 is 17.0 Å². The van der Waals surface area contributed by atoms with E-state index in [1.165, 1.54) is 50.9 Å². The van der Waals surface area contributed by atoms with E-state index in [0.29, 0.717) is 0 Å². The third-order valence-corrected chi connectivity index (χ3v) is 4.81. The van der Waals surface area contributed by atoms with Crippen molar-refractivity contribution >= 4 is 32.3 Å². The van der Waals surface area contributed by atoms with Crippen LogP contribution in [-0.2, 0) is 13.0 Å². The summed E-state index contributed by atoms with van der Waals surface area (Å²) in [6.07, 6.45) is 4.84. The fraction of sp³-hybridized carbons (Fsp3) is 0.150. The Labute approximate surface area is 140 Å². The highest BCUT2D eigenvalue weighted by atomic mass is 79.9. The van der Waals surface area contributed by atoms with Gasteiger partial charge in [-0.2, -0.15) is 0 Å². The van der Waals surface area contributed by atoms with Crippen LogP contribution in [-0.4, -0.2) is 0 Å². The number of aromatic nitrogens is 1. The molecule has 0 radical (unpaired) electrons. The molecule has 22 heavy (non-hydrogen) atoms. The van der Waals surface area contributed by atoms with Gasteiger partial charge in [-0.1, -0.05) is 48.5 Å². The van der Waals surface area contributed by atoms with E-state index in [9.17, 15) is 0 Å². The van der Waals surface area contributed by atoms with Crippen LogP contribution in [0.5, 0.6) is 0 Å². The van der Waals surface area contributed by atoms with Crippen LogP contribution < -0.4 is 21.5 Å². The lowest BCUT2D eigenvalue weighted by molar-refractivity contribution is -0.689. The van der Waals surface area contributed by atoms with Crippen molar-refractivity contribution in [1.82, 2.24) is 0 Å². The fourth-order valence-electron chi connectivity index (χ4n) is 3.83. The van der Waals surface area contributed by atoms with Crippen LogP contribution in [0.4, 0.5) is 0 Å². The first-order chi connectivity index (χ1) is 10.4. The average Bonchev–Trinajstić information content (AvgIpc) is 3.01. The Morgan fingerprint density at radius 1 is 0.682 bits per heavy atom. The van der Waals surface area contributed by atoms with Gasteiger partial charge in [-0.25, -0.2) is 4.57 Å². The number of aryl methyl sites for hydroxylation is 2. The fourth-order valence-corrected chi connectivity index (χ4v) is 3.83. The lowest BCUT2D eigenvalue weighted by atomic mass is 9.95. The molecule has 108 valence electrons. The monoisotopic (exact) mass is 349 g/mol. The second-order valence-corrected chi connectivity index (χ2v) is 5.98. The minimum absolute atomic E-state index is 0. The molecule has 4 aromatic rings. The van der Waals surface area contributed by atoms with Crippen LogP contribution in [0.15, 0.2) is 60.8 Å². The molecule has 3 aromatic carbocycles. The highest BCUT2D eigenvalue weighted by molar-refractivity contribution is 6.24. The molecule has 0 bridgehead atoms. The van der Waals surface area contributed by atoms with Crippen molar-refractivity contribution in [2.45, 2.75) is 19.4 Å². The third kappa shape index (κ3) is 1.80. The minimum atomic E-state index is 0. The second kappa shape index (κ2) is 5.06. The Morgan fingerprint density at radius 2 is 1.23 bits per heavy atom. The molecule has 0 atom stereocenters. The molecule has 1 nitrogen and oxygen atoms in total. The van der Waals surface area contributed by atoms with Crippen LogP contribution in [0.25, 0.3) is 32.3 Å². The summed E-state index contributed by atoms with van der Waals surface area (Å²) in [5.41, 5.74) is 1.47. The molecule has 0 aliphatic carbocycles. The van der Waals surface area contributed by atoms with Crippen molar-refractivity contribution in [3.05, 3.63) is 66.5 Å². The van der Waals surface area contributed by atoms with Crippen LogP contribution in [0.1, 0.15) is 12.1 Å². The molecule has 2 heteroatoms. The van der Waals surface area contributed by atoms with E-state index in [0.717, 1.165) is 6.54 Å². The Kier molecular flexibility index (Phi) is 3.16. The highest BCUT2D eigenvalue weighted by Crippen LogP contribution is 2.34. The van der Waals surface area contributed by atoms with Gasteiger partial charge in [0.15, 0.2) is 11.9 Å². The lowest BCUT2D eigenvalue weighted by Crippen LogP contribution is -3.00. The molecule has 5 rings (SSSR count). The highest BCUT2D eigenvalue weighted by Gasteiger charge is 2.21. The number of halogens is 1. The van der Waals surface area contributed by atoms with E-state index >= 15 is 0 Å². The van der Waals surface area contributed by atoms with Crippen LogP contribution in [0.2, 0.25) is 0 Å². The minimum Gasteiger partial charge on any atom is -1.00 e. The zero-order chi connectivity index (χ0) is 13.8. The van der Waals surface area contributed by atoms with E-state index in [4.69, 9.17) is 0 Å².